The van der Waals surface area contributed by atoms with Crippen molar-refractivity contribution in [1.82, 2.24) is 9.88 Å². The molecule has 26 heavy (non-hydrogen) atoms. The predicted octanol–water partition coefficient (Wildman–Crippen LogP) is 1.90. The maximum atomic E-state index is 10.8. The number of hydrogen-bond donors (Lipinski definition) is 1. The number of aromatic nitrogens is 1. The van der Waals surface area contributed by atoms with E-state index < -0.39 is 10.6 Å². The standard InChI is InChI=1S/C18H22N4O4/c1-18(23,14-26-16-7-5-15(6-8-16)22(24)25)21-12-10-20(11-13-21)17-4-2-3-9-19-17/h2-9,23H,10-14H2,1H3/t18-/m0/s1. The van der Waals surface area contributed by atoms with Crippen molar-refractivity contribution < 1.29 is 14.8 Å². The van der Waals surface area contributed by atoms with Crippen LogP contribution in [0.3, 0.4) is 0 Å². The van der Waals surface area contributed by atoms with Gasteiger partial charge in [0, 0.05) is 44.5 Å². The highest BCUT2D eigenvalue weighted by Crippen LogP contribution is 2.21. The van der Waals surface area contributed by atoms with E-state index in [4.69, 9.17) is 4.74 Å². The van der Waals surface area contributed by atoms with Gasteiger partial charge in [0.15, 0.2) is 0 Å². The first kappa shape index (κ1) is 18.1. The largest absolute Gasteiger partial charge is 0.489 e. The second-order valence-electron chi connectivity index (χ2n) is 6.42. The van der Waals surface area contributed by atoms with Crippen LogP contribution in [0, 0.1) is 10.1 Å². The second-order valence-corrected chi connectivity index (χ2v) is 6.42. The van der Waals surface area contributed by atoms with Crippen LogP contribution in [0.5, 0.6) is 5.75 Å². The van der Waals surface area contributed by atoms with Crippen LogP contribution in [0.4, 0.5) is 11.5 Å². The van der Waals surface area contributed by atoms with E-state index in [2.05, 4.69) is 9.88 Å². The van der Waals surface area contributed by atoms with Gasteiger partial charge in [-0.15, -0.1) is 0 Å². The van der Waals surface area contributed by atoms with Gasteiger partial charge < -0.3 is 14.7 Å². The Labute approximate surface area is 151 Å². The fraction of sp³-hybridized carbons (Fsp3) is 0.389. The zero-order valence-electron chi connectivity index (χ0n) is 14.6. The van der Waals surface area contributed by atoms with Crippen LogP contribution in [0.15, 0.2) is 48.7 Å². The van der Waals surface area contributed by atoms with E-state index in [-0.39, 0.29) is 12.3 Å². The number of rotatable bonds is 6. The molecule has 1 aromatic carbocycles. The third-order valence-electron chi connectivity index (χ3n) is 4.49. The number of nitro benzene ring substituents is 1. The molecule has 1 fully saturated rings. The van der Waals surface area contributed by atoms with Gasteiger partial charge in [0.1, 0.15) is 23.9 Å². The summed E-state index contributed by atoms with van der Waals surface area (Å²) in [6, 6.07) is 11.7. The summed E-state index contributed by atoms with van der Waals surface area (Å²) in [6.07, 6.45) is 1.77. The Hall–Kier alpha value is -2.71. The van der Waals surface area contributed by atoms with Gasteiger partial charge in [-0.1, -0.05) is 6.07 Å². The number of non-ortho nitro benzene ring substituents is 1. The molecular formula is C18H22N4O4. The van der Waals surface area contributed by atoms with Crippen molar-refractivity contribution in [3.8, 4) is 5.75 Å². The molecule has 1 aliphatic rings. The molecule has 1 atom stereocenters. The number of nitro groups is 1. The van der Waals surface area contributed by atoms with E-state index in [0.29, 0.717) is 18.8 Å². The lowest BCUT2D eigenvalue weighted by Gasteiger charge is -2.42. The third-order valence-corrected chi connectivity index (χ3v) is 4.49. The molecule has 1 aliphatic heterocycles. The Morgan fingerprint density at radius 3 is 2.46 bits per heavy atom. The molecule has 2 heterocycles. The quantitative estimate of drug-likeness (QED) is 0.623. The molecule has 8 nitrogen and oxygen atoms in total. The summed E-state index contributed by atoms with van der Waals surface area (Å²) in [5, 5.41) is 21.4. The molecule has 0 saturated carbocycles. The van der Waals surface area contributed by atoms with Crippen molar-refractivity contribution in [3.05, 3.63) is 58.8 Å². The van der Waals surface area contributed by atoms with Crippen molar-refractivity contribution in [2.24, 2.45) is 0 Å². The van der Waals surface area contributed by atoms with Crippen molar-refractivity contribution in [3.63, 3.8) is 0 Å². The van der Waals surface area contributed by atoms with E-state index in [1.807, 2.05) is 23.1 Å². The lowest BCUT2D eigenvalue weighted by Crippen LogP contribution is -2.58. The topological polar surface area (TPSA) is 92.0 Å². The first-order chi connectivity index (χ1) is 12.5. The van der Waals surface area contributed by atoms with Crippen LogP contribution in [0.1, 0.15) is 6.92 Å². The summed E-state index contributed by atoms with van der Waals surface area (Å²) >= 11 is 0. The lowest BCUT2D eigenvalue weighted by atomic mass is 10.2. The Balaban J connectivity index is 1.53. The highest BCUT2D eigenvalue weighted by atomic mass is 16.6. The molecule has 1 aromatic heterocycles. The summed E-state index contributed by atoms with van der Waals surface area (Å²) in [6.45, 7) is 4.71. The molecule has 0 unspecified atom stereocenters. The number of aliphatic hydroxyl groups is 1. The number of piperazine rings is 1. The molecule has 0 spiro atoms. The van der Waals surface area contributed by atoms with Crippen LogP contribution in [-0.2, 0) is 0 Å². The van der Waals surface area contributed by atoms with E-state index >= 15 is 0 Å². The molecule has 8 heteroatoms. The minimum absolute atomic E-state index is 0.00903. The summed E-state index contributed by atoms with van der Waals surface area (Å²) in [5.74, 6) is 1.43. The number of ether oxygens (including phenoxy) is 1. The van der Waals surface area contributed by atoms with E-state index in [1.54, 1.807) is 13.1 Å². The molecule has 1 saturated heterocycles. The Morgan fingerprint density at radius 2 is 1.88 bits per heavy atom. The maximum absolute atomic E-state index is 10.8. The average Bonchev–Trinajstić information content (AvgIpc) is 2.67. The Kier molecular flexibility index (Phi) is 5.34. The fourth-order valence-corrected chi connectivity index (χ4v) is 2.93. The third kappa shape index (κ3) is 4.27. The van der Waals surface area contributed by atoms with Crippen LogP contribution in [0.25, 0.3) is 0 Å². The molecule has 2 aromatic rings. The monoisotopic (exact) mass is 358 g/mol. The van der Waals surface area contributed by atoms with Gasteiger partial charge in [-0.05, 0) is 31.2 Å². The smallest absolute Gasteiger partial charge is 0.269 e. The number of benzene rings is 1. The first-order valence-corrected chi connectivity index (χ1v) is 8.46. The zero-order chi connectivity index (χ0) is 18.6. The normalized spacial score (nSPS) is 17.5. The van der Waals surface area contributed by atoms with Gasteiger partial charge in [0.2, 0.25) is 0 Å². The number of hydrogen-bond acceptors (Lipinski definition) is 7. The van der Waals surface area contributed by atoms with Crippen molar-refractivity contribution in [2.45, 2.75) is 12.6 Å². The minimum atomic E-state index is -1.13. The Morgan fingerprint density at radius 1 is 1.19 bits per heavy atom. The molecule has 0 radical (unpaired) electrons. The number of anilines is 1. The second kappa shape index (κ2) is 7.67. The predicted molar refractivity (Wildman–Crippen MR) is 97.2 cm³/mol. The van der Waals surface area contributed by atoms with Crippen LogP contribution in [0.2, 0.25) is 0 Å². The average molecular weight is 358 g/mol. The molecule has 0 amide bonds. The highest BCUT2D eigenvalue weighted by Gasteiger charge is 2.33. The van der Waals surface area contributed by atoms with Gasteiger partial charge in [0.05, 0.1) is 4.92 Å². The van der Waals surface area contributed by atoms with Crippen molar-refractivity contribution in [2.75, 3.05) is 37.7 Å². The van der Waals surface area contributed by atoms with E-state index in [9.17, 15) is 15.2 Å². The molecule has 138 valence electrons. The zero-order valence-corrected chi connectivity index (χ0v) is 14.6. The van der Waals surface area contributed by atoms with Gasteiger partial charge >= 0.3 is 0 Å². The summed E-state index contributed by atoms with van der Waals surface area (Å²) in [5.41, 5.74) is -1.12. The van der Waals surface area contributed by atoms with Crippen molar-refractivity contribution in [1.29, 1.82) is 0 Å². The van der Waals surface area contributed by atoms with Gasteiger partial charge in [-0.3, -0.25) is 15.0 Å². The summed E-state index contributed by atoms with van der Waals surface area (Å²) in [4.78, 5) is 18.7. The lowest BCUT2D eigenvalue weighted by molar-refractivity contribution is -0.384. The highest BCUT2D eigenvalue weighted by molar-refractivity contribution is 5.38. The molecule has 0 bridgehead atoms. The van der Waals surface area contributed by atoms with Crippen LogP contribution in [-0.4, -0.2) is 58.4 Å². The van der Waals surface area contributed by atoms with Crippen LogP contribution < -0.4 is 9.64 Å². The molecule has 0 aliphatic carbocycles. The minimum Gasteiger partial charge on any atom is -0.489 e. The van der Waals surface area contributed by atoms with E-state index in [1.165, 1.54) is 24.3 Å². The molecule has 1 N–H and O–H groups in total. The fourth-order valence-electron chi connectivity index (χ4n) is 2.93. The van der Waals surface area contributed by atoms with Gasteiger partial charge in [-0.2, -0.15) is 0 Å². The van der Waals surface area contributed by atoms with E-state index in [0.717, 1.165) is 18.9 Å². The van der Waals surface area contributed by atoms with Gasteiger partial charge in [0.25, 0.3) is 5.69 Å². The summed E-state index contributed by atoms with van der Waals surface area (Å²) < 4.78 is 5.63. The van der Waals surface area contributed by atoms with Crippen molar-refractivity contribution >= 4 is 11.5 Å². The first-order valence-electron chi connectivity index (χ1n) is 8.46. The van der Waals surface area contributed by atoms with Gasteiger partial charge in [-0.25, -0.2) is 4.98 Å². The SMILES string of the molecule is C[C@](O)(COc1ccc([N+](=O)[O-])cc1)N1CCN(c2ccccn2)CC1. The summed E-state index contributed by atoms with van der Waals surface area (Å²) in [7, 11) is 0. The Bertz CT molecular complexity index is 729. The number of pyridine rings is 1. The maximum Gasteiger partial charge on any atom is 0.269 e. The molecule has 3 rings (SSSR count). The van der Waals surface area contributed by atoms with Crippen LogP contribution >= 0.6 is 0 Å². The molecular weight excluding hydrogens is 336 g/mol. The number of nitrogens with zero attached hydrogens (tertiary/aromatic N) is 4.